The molecular weight excluding hydrogens is 200 g/mol. The van der Waals surface area contributed by atoms with Gasteiger partial charge in [-0.05, 0) is 37.8 Å². The van der Waals surface area contributed by atoms with Crippen molar-refractivity contribution >= 4 is 5.69 Å². The summed E-state index contributed by atoms with van der Waals surface area (Å²) in [7, 11) is 0. The SMILES string of the molecule is Oc1cccc(NC2CC3CCC(C2)N3)c1. The third-order valence-electron chi connectivity index (χ3n) is 3.69. The number of piperidine rings is 1. The summed E-state index contributed by atoms with van der Waals surface area (Å²) < 4.78 is 0. The standard InChI is InChI=1S/C13H18N2O/c16-13-3-1-2-9(8-13)15-12-6-10-4-5-11(7-12)14-10/h1-3,8,10-12,14-16H,4-7H2. The fourth-order valence-corrected chi connectivity index (χ4v) is 3.01. The van der Waals surface area contributed by atoms with Crippen LogP contribution in [-0.4, -0.2) is 23.2 Å². The molecule has 3 rings (SSSR count). The first kappa shape index (κ1) is 9.97. The predicted molar refractivity (Wildman–Crippen MR) is 64.7 cm³/mol. The molecule has 2 saturated heterocycles. The number of phenols is 1. The molecule has 0 spiro atoms. The molecule has 2 fully saturated rings. The van der Waals surface area contributed by atoms with Gasteiger partial charge in [-0.3, -0.25) is 0 Å². The molecule has 2 aliphatic heterocycles. The molecule has 0 aliphatic carbocycles. The van der Waals surface area contributed by atoms with Gasteiger partial charge in [-0.25, -0.2) is 0 Å². The number of hydrogen-bond acceptors (Lipinski definition) is 3. The highest BCUT2D eigenvalue weighted by atomic mass is 16.3. The van der Waals surface area contributed by atoms with Crippen LogP contribution in [0.4, 0.5) is 5.69 Å². The minimum absolute atomic E-state index is 0.335. The molecule has 2 atom stereocenters. The molecule has 3 N–H and O–H groups in total. The maximum absolute atomic E-state index is 9.41. The van der Waals surface area contributed by atoms with Crippen LogP contribution in [0.15, 0.2) is 24.3 Å². The predicted octanol–water partition coefficient (Wildman–Crippen LogP) is 2.09. The van der Waals surface area contributed by atoms with Gasteiger partial charge in [-0.1, -0.05) is 6.07 Å². The van der Waals surface area contributed by atoms with Gasteiger partial charge in [0.05, 0.1) is 0 Å². The molecule has 1 aromatic rings. The molecule has 2 aliphatic rings. The van der Waals surface area contributed by atoms with Gasteiger partial charge in [0.15, 0.2) is 0 Å². The van der Waals surface area contributed by atoms with Crippen LogP contribution < -0.4 is 10.6 Å². The van der Waals surface area contributed by atoms with Gasteiger partial charge in [0.25, 0.3) is 0 Å². The van der Waals surface area contributed by atoms with Crippen molar-refractivity contribution in [3.8, 4) is 5.75 Å². The second kappa shape index (κ2) is 3.98. The Balaban J connectivity index is 1.67. The zero-order valence-corrected chi connectivity index (χ0v) is 9.32. The molecule has 2 unspecified atom stereocenters. The molecule has 0 saturated carbocycles. The van der Waals surface area contributed by atoms with E-state index < -0.39 is 0 Å². The van der Waals surface area contributed by atoms with Crippen LogP contribution in [-0.2, 0) is 0 Å². The van der Waals surface area contributed by atoms with Crippen LogP contribution in [0.25, 0.3) is 0 Å². The lowest BCUT2D eigenvalue weighted by Crippen LogP contribution is -2.43. The van der Waals surface area contributed by atoms with Crippen molar-refractivity contribution in [2.24, 2.45) is 0 Å². The van der Waals surface area contributed by atoms with Gasteiger partial charge in [-0.2, -0.15) is 0 Å². The smallest absolute Gasteiger partial charge is 0.117 e. The molecule has 16 heavy (non-hydrogen) atoms. The lowest BCUT2D eigenvalue weighted by molar-refractivity contribution is 0.378. The Morgan fingerprint density at radius 3 is 2.62 bits per heavy atom. The first-order valence-corrected chi connectivity index (χ1v) is 6.11. The zero-order chi connectivity index (χ0) is 11.0. The van der Waals surface area contributed by atoms with Gasteiger partial charge in [0.2, 0.25) is 0 Å². The monoisotopic (exact) mass is 218 g/mol. The average Bonchev–Trinajstić information content (AvgIpc) is 2.58. The summed E-state index contributed by atoms with van der Waals surface area (Å²) in [5.74, 6) is 0.335. The minimum Gasteiger partial charge on any atom is -0.508 e. The van der Waals surface area contributed by atoms with Gasteiger partial charge in [0.1, 0.15) is 5.75 Å². The largest absolute Gasteiger partial charge is 0.508 e. The van der Waals surface area contributed by atoms with E-state index in [1.54, 1.807) is 12.1 Å². The van der Waals surface area contributed by atoms with Gasteiger partial charge >= 0.3 is 0 Å². The quantitative estimate of drug-likeness (QED) is 0.712. The van der Waals surface area contributed by atoms with Crippen LogP contribution in [0.2, 0.25) is 0 Å². The Morgan fingerprint density at radius 1 is 1.19 bits per heavy atom. The molecule has 0 aromatic heterocycles. The van der Waals surface area contributed by atoms with Crippen molar-refractivity contribution in [1.82, 2.24) is 5.32 Å². The number of rotatable bonds is 2. The van der Waals surface area contributed by atoms with Crippen LogP contribution in [0.1, 0.15) is 25.7 Å². The van der Waals surface area contributed by atoms with E-state index in [1.165, 1.54) is 25.7 Å². The topological polar surface area (TPSA) is 44.3 Å². The molecule has 2 bridgehead atoms. The van der Waals surface area contributed by atoms with Gasteiger partial charge in [0, 0.05) is 29.9 Å². The molecule has 2 heterocycles. The zero-order valence-electron chi connectivity index (χ0n) is 9.32. The van der Waals surface area contributed by atoms with Gasteiger partial charge in [-0.15, -0.1) is 0 Å². The summed E-state index contributed by atoms with van der Waals surface area (Å²) in [5, 5.41) is 16.6. The number of fused-ring (bicyclic) bond motifs is 2. The Bertz CT molecular complexity index is 368. The first-order valence-electron chi connectivity index (χ1n) is 6.11. The fourth-order valence-electron chi connectivity index (χ4n) is 3.01. The number of benzene rings is 1. The van der Waals surface area contributed by atoms with E-state index in [0.717, 1.165) is 5.69 Å². The molecule has 86 valence electrons. The van der Waals surface area contributed by atoms with Crippen LogP contribution in [0.5, 0.6) is 5.75 Å². The first-order chi connectivity index (χ1) is 7.79. The molecule has 3 heteroatoms. The van der Waals surface area contributed by atoms with Crippen molar-refractivity contribution in [3.63, 3.8) is 0 Å². The van der Waals surface area contributed by atoms with Crippen molar-refractivity contribution in [3.05, 3.63) is 24.3 Å². The van der Waals surface area contributed by atoms with E-state index in [9.17, 15) is 5.11 Å². The van der Waals surface area contributed by atoms with Crippen molar-refractivity contribution in [2.75, 3.05) is 5.32 Å². The highest BCUT2D eigenvalue weighted by Gasteiger charge is 2.33. The molecule has 1 aromatic carbocycles. The number of phenolic OH excluding ortho intramolecular Hbond substituents is 1. The molecule has 3 nitrogen and oxygen atoms in total. The van der Waals surface area contributed by atoms with E-state index in [4.69, 9.17) is 0 Å². The number of nitrogens with one attached hydrogen (secondary N) is 2. The van der Waals surface area contributed by atoms with Crippen LogP contribution in [0.3, 0.4) is 0 Å². The second-order valence-corrected chi connectivity index (χ2v) is 5.00. The average molecular weight is 218 g/mol. The summed E-state index contributed by atoms with van der Waals surface area (Å²) in [6.07, 6.45) is 5.05. The minimum atomic E-state index is 0.335. The van der Waals surface area contributed by atoms with E-state index in [2.05, 4.69) is 10.6 Å². The third-order valence-corrected chi connectivity index (χ3v) is 3.69. The molecule has 0 radical (unpaired) electrons. The number of aromatic hydroxyl groups is 1. The Kier molecular flexibility index (Phi) is 2.48. The molecular formula is C13H18N2O. The summed E-state index contributed by atoms with van der Waals surface area (Å²) in [5.41, 5.74) is 1.03. The molecule has 0 amide bonds. The van der Waals surface area contributed by atoms with Crippen molar-refractivity contribution in [2.45, 2.75) is 43.8 Å². The summed E-state index contributed by atoms with van der Waals surface area (Å²) in [6, 6.07) is 9.36. The number of anilines is 1. The normalized spacial score (nSPS) is 32.6. The number of hydrogen-bond donors (Lipinski definition) is 3. The fraction of sp³-hybridized carbons (Fsp3) is 0.538. The lowest BCUT2D eigenvalue weighted by atomic mass is 9.99. The van der Waals surface area contributed by atoms with Gasteiger partial charge < -0.3 is 15.7 Å². The summed E-state index contributed by atoms with van der Waals surface area (Å²) in [6.45, 7) is 0. The third kappa shape index (κ3) is 2.00. The maximum atomic E-state index is 9.41. The lowest BCUT2D eigenvalue weighted by Gasteiger charge is -2.30. The van der Waals surface area contributed by atoms with E-state index in [-0.39, 0.29) is 0 Å². The van der Waals surface area contributed by atoms with E-state index in [1.807, 2.05) is 12.1 Å². The van der Waals surface area contributed by atoms with Crippen molar-refractivity contribution < 1.29 is 5.11 Å². The van der Waals surface area contributed by atoms with Crippen molar-refractivity contribution in [1.29, 1.82) is 0 Å². The Hall–Kier alpha value is -1.22. The maximum Gasteiger partial charge on any atom is 0.117 e. The van der Waals surface area contributed by atoms with E-state index >= 15 is 0 Å². The Labute approximate surface area is 95.9 Å². The second-order valence-electron chi connectivity index (χ2n) is 5.00. The summed E-state index contributed by atoms with van der Waals surface area (Å²) >= 11 is 0. The summed E-state index contributed by atoms with van der Waals surface area (Å²) in [4.78, 5) is 0. The van der Waals surface area contributed by atoms with Crippen LogP contribution in [0, 0.1) is 0 Å². The highest BCUT2D eigenvalue weighted by molar-refractivity contribution is 5.48. The Morgan fingerprint density at radius 2 is 1.94 bits per heavy atom. The van der Waals surface area contributed by atoms with Crippen LogP contribution >= 0.6 is 0 Å². The van der Waals surface area contributed by atoms with E-state index in [0.29, 0.717) is 23.9 Å². The highest BCUT2D eigenvalue weighted by Crippen LogP contribution is 2.29.